The van der Waals surface area contributed by atoms with Crippen LogP contribution in [0, 0.1) is 0 Å². The van der Waals surface area contributed by atoms with Crippen LogP contribution in [0.5, 0.6) is 5.75 Å². The van der Waals surface area contributed by atoms with E-state index in [0.29, 0.717) is 26.2 Å². The third-order valence-corrected chi connectivity index (χ3v) is 3.94. The monoisotopic (exact) mass is 371 g/mol. The molecule has 1 amide bonds. The minimum Gasteiger partial charge on any atom is -0.494 e. The summed E-state index contributed by atoms with van der Waals surface area (Å²) in [6.45, 7) is 4.63. The maximum atomic E-state index is 11.7. The van der Waals surface area contributed by atoms with Crippen LogP contribution < -0.4 is 21.1 Å². The van der Waals surface area contributed by atoms with E-state index in [-0.39, 0.29) is 12.6 Å². The number of benzene rings is 2. The van der Waals surface area contributed by atoms with E-state index in [1.165, 1.54) is 0 Å². The van der Waals surface area contributed by atoms with E-state index in [2.05, 4.69) is 10.6 Å². The van der Waals surface area contributed by atoms with Gasteiger partial charge in [-0.05, 0) is 30.5 Å². The quantitative estimate of drug-likeness (QED) is 0.528. The molecule has 27 heavy (non-hydrogen) atoms. The second kappa shape index (κ2) is 11.9. The van der Waals surface area contributed by atoms with E-state index in [4.69, 9.17) is 15.2 Å². The number of ether oxygens (including phenoxy) is 2. The summed E-state index contributed by atoms with van der Waals surface area (Å²) in [6.07, 6.45) is 0.311. The predicted molar refractivity (Wildman–Crippen MR) is 107 cm³/mol. The number of rotatable bonds is 11. The predicted octanol–water partition coefficient (Wildman–Crippen LogP) is 2.47. The van der Waals surface area contributed by atoms with Crippen LogP contribution in [0.2, 0.25) is 0 Å². The molecule has 6 heteroatoms. The number of amides is 1. The zero-order valence-electron chi connectivity index (χ0n) is 15.8. The Balaban J connectivity index is 1.57. The topological polar surface area (TPSA) is 85.6 Å². The van der Waals surface area contributed by atoms with Crippen molar-refractivity contribution in [2.24, 2.45) is 5.73 Å². The second-order valence-electron chi connectivity index (χ2n) is 6.20. The molecule has 0 fully saturated rings. The lowest BCUT2D eigenvalue weighted by molar-refractivity contribution is 0.139. The van der Waals surface area contributed by atoms with E-state index in [1.54, 1.807) is 0 Å². The minimum absolute atomic E-state index is 0.0309. The second-order valence-corrected chi connectivity index (χ2v) is 6.20. The molecule has 0 saturated heterocycles. The zero-order chi connectivity index (χ0) is 19.3. The van der Waals surface area contributed by atoms with E-state index in [1.807, 2.05) is 61.5 Å². The summed E-state index contributed by atoms with van der Waals surface area (Å²) in [5, 5.41) is 5.97. The molecule has 0 radical (unpaired) electrons. The lowest BCUT2D eigenvalue weighted by Crippen LogP contribution is -2.39. The summed E-state index contributed by atoms with van der Waals surface area (Å²) >= 11 is 0. The Morgan fingerprint density at radius 2 is 1.81 bits per heavy atom. The fraction of sp³-hybridized carbons (Fsp3) is 0.381. The first-order valence-corrected chi connectivity index (χ1v) is 9.30. The number of nitrogens with two attached hydrogens (primary N) is 1. The van der Waals surface area contributed by atoms with Crippen molar-refractivity contribution in [3.8, 4) is 5.75 Å². The Morgan fingerprint density at radius 3 is 2.59 bits per heavy atom. The van der Waals surface area contributed by atoms with Gasteiger partial charge < -0.3 is 25.8 Å². The summed E-state index contributed by atoms with van der Waals surface area (Å²) in [7, 11) is 0. The van der Waals surface area contributed by atoms with E-state index in [9.17, 15) is 4.79 Å². The molecule has 146 valence electrons. The molecule has 6 nitrogen and oxygen atoms in total. The van der Waals surface area contributed by atoms with Crippen LogP contribution in [0.4, 0.5) is 4.79 Å². The van der Waals surface area contributed by atoms with Crippen LogP contribution in [-0.4, -0.2) is 38.4 Å². The summed E-state index contributed by atoms with van der Waals surface area (Å²) in [4.78, 5) is 11.7. The fourth-order valence-corrected chi connectivity index (χ4v) is 2.64. The van der Waals surface area contributed by atoms with Gasteiger partial charge in [0.05, 0.1) is 6.61 Å². The lowest BCUT2D eigenvalue weighted by atomic mass is 10.1. The van der Waals surface area contributed by atoms with E-state index < -0.39 is 6.09 Å². The first-order valence-electron chi connectivity index (χ1n) is 9.30. The van der Waals surface area contributed by atoms with Gasteiger partial charge in [-0.15, -0.1) is 0 Å². The number of hydrogen-bond acceptors (Lipinski definition) is 5. The van der Waals surface area contributed by atoms with Crippen LogP contribution in [0.15, 0.2) is 54.6 Å². The van der Waals surface area contributed by atoms with Gasteiger partial charge in [0.15, 0.2) is 0 Å². The van der Waals surface area contributed by atoms with Gasteiger partial charge >= 0.3 is 6.09 Å². The van der Waals surface area contributed by atoms with Gasteiger partial charge in [0.2, 0.25) is 0 Å². The van der Waals surface area contributed by atoms with Crippen molar-refractivity contribution >= 4 is 6.09 Å². The molecular weight excluding hydrogens is 342 g/mol. The third kappa shape index (κ3) is 8.11. The molecule has 1 atom stereocenters. The van der Waals surface area contributed by atoms with Crippen molar-refractivity contribution in [3.63, 3.8) is 0 Å². The van der Waals surface area contributed by atoms with Gasteiger partial charge in [-0.3, -0.25) is 0 Å². The fourth-order valence-electron chi connectivity index (χ4n) is 2.64. The Kier molecular flexibility index (Phi) is 9.17. The summed E-state index contributed by atoms with van der Waals surface area (Å²) in [6, 6.07) is 17.5. The van der Waals surface area contributed by atoms with Crippen molar-refractivity contribution in [1.29, 1.82) is 0 Å². The number of carbonyl (C=O) groups is 1. The molecule has 0 saturated carbocycles. The summed E-state index contributed by atoms with van der Waals surface area (Å²) in [5.41, 5.74) is 8.26. The number of alkyl carbamates (subject to hydrolysis) is 1. The molecule has 2 aromatic rings. The van der Waals surface area contributed by atoms with E-state index in [0.717, 1.165) is 23.3 Å². The highest BCUT2D eigenvalue weighted by molar-refractivity contribution is 5.67. The summed E-state index contributed by atoms with van der Waals surface area (Å²) < 4.78 is 10.8. The van der Waals surface area contributed by atoms with Crippen molar-refractivity contribution in [1.82, 2.24) is 10.6 Å². The molecule has 0 heterocycles. The Morgan fingerprint density at radius 1 is 1.07 bits per heavy atom. The van der Waals surface area contributed by atoms with Crippen LogP contribution in [0.1, 0.15) is 18.1 Å². The molecule has 4 N–H and O–H groups in total. The molecular formula is C21H29N3O3. The van der Waals surface area contributed by atoms with Crippen molar-refractivity contribution in [2.45, 2.75) is 26.0 Å². The van der Waals surface area contributed by atoms with Gasteiger partial charge in [0.25, 0.3) is 0 Å². The highest BCUT2D eigenvalue weighted by Crippen LogP contribution is 2.19. The standard InChI is InChI=1S/C21H29N3O3/c1-2-26-20-11-7-6-10-18(20)14-19(22)15-23-12-13-24-21(25)27-16-17-8-4-3-5-9-17/h3-11,19,23H,2,12-16,22H2,1H3,(H,24,25). The average molecular weight is 371 g/mol. The van der Waals surface area contributed by atoms with Crippen LogP contribution in [0.3, 0.4) is 0 Å². The Bertz CT molecular complexity index is 679. The molecule has 0 bridgehead atoms. The summed E-state index contributed by atoms with van der Waals surface area (Å²) in [5.74, 6) is 0.887. The highest BCUT2D eigenvalue weighted by atomic mass is 16.5. The SMILES string of the molecule is CCOc1ccccc1CC(N)CNCCNC(=O)OCc1ccccc1. The third-order valence-electron chi connectivity index (χ3n) is 3.94. The van der Waals surface area contributed by atoms with Gasteiger partial charge in [0.1, 0.15) is 12.4 Å². The van der Waals surface area contributed by atoms with Gasteiger partial charge in [0, 0.05) is 25.7 Å². The first kappa shape index (κ1) is 20.7. The molecule has 1 unspecified atom stereocenters. The van der Waals surface area contributed by atoms with Crippen molar-refractivity contribution < 1.29 is 14.3 Å². The number of para-hydroxylation sites is 1. The zero-order valence-corrected chi connectivity index (χ0v) is 15.8. The maximum Gasteiger partial charge on any atom is 0.407 e. The largest absolute Gasteiger partial charge is 0.494 e. The minimum atomic E-state index is -0.421. The molecule has 0 spiro atoms. The van der Waals surface area contributed by atoms with Crippen molar-refractivity contribution in [2.75, 3.05) is 26.2 Å². The lowest BCUT2D eigenvalue weighted by Gasteiger charge is -2.16. The molecule has 0 aliphatic carbocycles. The molecule has 2 rings (SSSR count). The Labute approximate surface area is 161 Å². The average Bonchev–Trinajstić information content (AvgIpc) is 2.68. The maximum absolute atomic E-state index is 11.7. The highest BCUT2D eigenvalue weighted by Gasteiger charge is 2.08. The van der Waals surface area contributed by atoms with E-state index >= 15 is 0 Å². The smallest absolute Gasteiger partial charge is 0.407 e. The first-order chi connectivity index (χ1) is 13.2. The molecule has 2 aromatic carbocycles. The van der Waals surface area contributed by atoms with Crippen molar-refractivity contribution in [3.05, 3.63) is 65.7 Å². The van der Waals surface area contributed by atoms with Crippen LogP contribution in [-0.2, 0) is 17.8 Å². The van der Waals surface area contributed by atoms with Crippen LogP contribution in [0.25, 0.3) is 0 Å². The number of nitrogens with one attached hydrogen (secondary N) is 2. The van der Waals surface area contributed by atoms with Gasteiger partial charge in [-0.2, -0.15) is 0 Å². The van der Waals surface area contributed by atoms with Crippen LogP contribution >= 0.6 is 0 Å². The molecule has 0 aromatic heterocycles. The Hall–Kier alpha value is -2.57. The number of carbonyl (C=O) groups excluding carboxylic acids is 1. The molecule has 0 aliphatic heterocycles. The van der Waals surface area contributed by atoms with Gasteiger partial charge in [-0.1, -0.05) is 48.5 Å². The number of hydrogen-bond donors (Lipinski definition) is 3. The van der Waals surface area contributed by atoms with Gasteiger partial charge in [-0.25, -0.2) is 4.79 Å². The normalized spacial score (nSPS) is 11.6. The molecule has 0 aliphatic rings.